The van der Waals surface area contributed by atoms with Crippen molar-refractivity contribution in [2.45, 2.75) is 26.2 Å². The van der Waals surface area contributed by atoms with Crippen LogP contribution in [0.2, 0.25) is 26.2 Å². The third kappa shape index (κ3) is 119. The summed E-state index contributed by atoms with van der Waals surface area (Å²) in [6.07, 6.45) is 0. The summed E-state index contributed by atoms with van der Waals surface area (Å²) in [6.45, 7) is 9.31. The van der Waals surface area contributed by atoms with E-state index in [0.717, 1.165) is 0 Å². The fourth-order valence-corrected chi connectivity index (χ4v) is 0. The highest BCUT2D eigenvalue weighted by Crippen LogP contribution is 1.94. The van der Waals surface area contributed by atoms with Crippen LogP contribution in [-0.4, -0.2) is 19.6 Å². The van der Waals surface area contributed by atoms with E-state index >= 15 is 0 Å². The molecule has 0 unspecified atom stereocenters. The summed E-state index contributed by atoms with van der Waals surface area (Å²) in [7, 11) is -0.611. The first-order valence-corrected chi connectivity index (χ1v) is 14.3. The normalized spacial score (nSPS) is 9.25. The van der Waals surface area contributed by atoms with Gasteiger partial charge in [-0.1, -0.05) is 26.2 Å². The molecule has 0 nitrogen and oxygen atoms in total. The van der Waals surface area contributed by atoms with Gasteiger partial charge in [0, 0.05) is 8.07 Å². The maximum absolute atomic E-state index is 3.20. The molecule has 50 valence electrons. The van der Waals surface area contributed by atoms with Crippen LogP contribution < -0.4 is 0 Å². The molecule has 0 rings (SSSR count). The number of halogens is 2. The maximum atomic E-state index is 3.20. The molecule has 4 heteroatoms. The summed E-state index contributed by atoms with van der Waals surface area (Å²) >= 11 is 6.44. The smallest absolute Gasteiger partial charge is 0.203 e. The van der Waals surface area contributed by atoms with E-state index < -0.39 is 8.07 Å². The first-order valence-electron chi connectivity index (χ1n) is 2.53. The van der Waals surface area contributed by atoms with Gasteiger partial charge in [0.1, 0.15) is 0 Å². The van der Waals surface area contributed by atoms with Crippen LogP contribution in [-0.2, 0) is 0 Å². The predicted molar refractivity (Wildman–Crippen MR) is 54.2 cm³/mol. The Morgan fingerprint density at radius 2 is 1.00 bits per heavy atom. The van der Waals surface area contributed by atoms with Crippen molar-refractivity contribution in [2.75, 3.05) is 0 Å². The number of hydrogen-bond donors (Lipinski definition) is 0. The minimum Gasteiger partial charge on any atom is -0.203 e. The van der Waals surface area contributed by atoms with Gasteiger partial charge in [0.15, 0.2) is 0 Å². The fourth-order valence-electron chi connectivity index (χ4n) is 0. The van der Waals surface area contributed by atoms with Gasteiger partial charge in [0.2, 0.25) is 0 Å². The molecule has 0 aliphatic heterocycles. The first-order chi connectivity index (χ1) is 3.41. The standard InChI is InChI=1S/C4H12Si.Al.2BrH.H/c1-5(2,3)4;;;;/h1-4H3;;2*1H;/q;+2;;;/p-2. The molecule has 0 atom stereocenters. The molecule has 0 amide bonds. The molecule has 0 saturated heterocycles. The molecule has 0 heterocycles. The van der Waals surface area contributed by atoms with Gasteiger partial charge in [-0.3, -0.25) is 0 Å². The lowest BCUT2D eigenvalue weighted by molar-refractivity contribution is 1.71. The minimum atomic E-state index is -0.611. The Balaban J connectivity index is 0. The summed E-state index contributed by atoms with van der Waals surface area (Å²) in [5.74, 6) is 0. The fraction of sp³-hybridized carbons (Fsp3) is 1.00. The molecule has 0 radical (unpaired) electrons. The molecule has 0 spiro atoms. The zero-order chi connectivity index (χ0) is 7.21. The van der Waals surface area contributed by atoms with Crippen LogP contribution in [0.5, 0.6) is 0 Å². The second-order valence-electron chi connectivity index (χ2n) is 3.10. The molecule has 0 aromatic rings. The van der Waals surface area contributed by atoms with Crippen LogP contribution in [0.1, 0.15) is 0 Å². The second kappa shape index (κ2) is 6.82. The molecular formula is C4H13AlBr2Si. The zero-order valence-corrected chi connectivity index (χ0v) is 11.5. The Morgan fingerprint density at radius 3 is 1.00 bits per heavy atom. The highest BCUT2D eigenvalue weighted by molar-refractivity contribution is 9.47. The van der Waals surface area contributed by atoms with Gasteiger partial charge in [-0.2, -0.15) is 0 Å². The SMILES string of the molecule is C[Si](C)(C)C.[Br][AlH][Br]. The lowest BCUT2D eigenvalue weighted by Gasteiger charge is -2.01. The highest BCUT2D eigenvalue weighted by atomic mass is 79.9. The quantitative estimate of drug-likeness (QED) is 0.597. The molecule has 0 saturated carbocycles. The summed E-state index contributed by atoms with van der Waals surface area (Å²) in [5.41, 5.74) is 0. The van der Waals surface area contributed by atoms with Crippen LogP contribution in [0, 0.1) is 0 Å². The van der Waals surface area contributed by atoms with Crippen molar-refractivity contribution in [3.8, 4) is 0 Å². The molecule has 0 aromatic carbocycles. The molecule has 8 heavy (non-hydrogen) atoms. The van der Waals surface area contributed by atoms with Gasteiger partial charge in [0.05, 0.1) is 0 Å². The summed E-state index contributed by atoms with van der Waals surface area (Å²) in [6, 6.07) is 0. The third-order valence-corrected chi connectivity index (χ3v) is 0. The van der Waals surface area contributed by atoms with E-state index in [0.29, 0.717) is 0 Å². The topological polar surface area (TPSA) is 0 Å². The van der Waals surface area contributed by atoms with E-state index in [1.54, 1.807) is 0 Å². The van der Waals surface area contributed by atoms with Crippen LogP contribution in [0.4, 0.5) is 0 Å². The molecule has 0 aromatic heterocycles. The van der Waals surface area contributed by atoms with E-state index in [1.807, 2.05) is 0 Å². The van der Waals surface area contributed by atoms with Gasteiger partial charge in [-0.05, 0) is 0 Å². The highest BCUT2D eigenvalue weighted by Gasteiger charge is 1.99. The van der Waals surface area contributed by atoms with Gasteiger partial charge in [-0.15, -0.1) is 0 Å². The van der Waals surface area contributed by atoms with E-state index in [2.05, 4.69) is 54.3 Å². The van der Waals surface area contributed by atoms with Gasteiger partial charge >= 0.3 is 11.6 Å². The van der Waals surface area contributed by atoms with E-state index in [9.17, 15) is 0 Å². The van der Waals surface area contributed by atoms with Crippen molar-refractivity contribution in [3.05, 3.63) is 0 Å². The lowest BCUT2D eigenvalue weighted by atomic mass is 11.8. The Bertz CT molecular complexity index is 37.8. The third-order valence-electron chi connectivity index (χ3n) is 0. The van der Waals surface area contributed by atoms with Crippen molar-refractivity contribution in [1.29, 1.82) is 0 Å². The summed E-state index contributed by atoms with van der Waals surface area (Å²) in [5, 5.41) is 0. The van der Waals surface area contributed by atoms with Gasteiger partial charge in [0.25, 0.3) is 0 Å². The Hall–Kier alpha value is 1.71. The van der Waals surface area contributed by atoms with Crippen molar-refractivity contribution >= 4 is 47.7 Å². The second-order valence-corrected chi connectivity index (χ2v) is 17.2. The van der Waals surface area contributed by atoms with Crippen molar-refractivity contribution in [1.82, 2.24) is 0 Å². The lowest BCUT2D eigenvalue weighted by Crippen LogP contribution is -2.10. The van der Waals surface area contributed by atoms with Crippen LogP contribution in [0.3, 0.4) is 0 Å². The largest absolute Gasteiger partial charge is 0.435 e. The van der Waals surface area contributed by atoms with E-state index in [-0.39, 0.29) is 11.6 Å². The number of hydrogen-bond acceptors (Lipinski definition) is 0. The molecule has 0 fully saturated rings. The van der Waals surface area contributed by atoms with Crippen LogP contribution in [0.15, 0.2) is 0 Å². The Morgan fingerprint density at radius 1 is 1.00 bits per heavy atom. The molecule has 0 aliphatic rings. The van der Waals surface area contributed by atoms with E-state index in [4.69, 9.17) is 0 Å². The Kier molecular flexibility index (Phi) is 10.6. The van der Waals surface area contributed by atoms with Crippen LogP contribution >= 0.6 is 28.1 Å². The average Bonchev–Trinajstić information content (AvgIpc) is 1.27. The van der Waals surface area contributed by atoms with E-state index in [1.165, 1.54) is 0 Å². The van der Waals surface area contributed by atoms with Crippen molar-refractivity contribution in [3.63, 3.8) is 0 Å². The average molecular weight is 276 g/mol. The maximum Gasteiger partial charge on any atom is 0.435 e. The monoisotopic (exact) mass is 274 g/mol. The molecule has 0 aliphatic carbocycles. The first kappa shape index (κ1) is 12.4. The molecule has 0 N–H and O–H groups in total. The molecule has 0 bridgehead atoms. The predicted octanol–water partition coefficient (Wildman–Crippen LogP) is 3.00. The van der Waals surface area contributed by atoms with Crippen molar-refractivity contribution in [2.24, 2.45) is 0 Å². The zero-order valence-electron chi connectivity index (χ0n) is 5.96. The Labute approximate surface area is 73.5 Å². The van der Waals surface area contributed by atoms with Gasteiger partial charge < -0.3 is 0 Å². The summed E-state index contributed by atoms with van der Waals surface area (Å²) in [4.78, 5) is 0. The molecular weight excluding hydrogens is 263 g/mol. The van der Waals surface area contributed by atoms with Crippen LogP contribution in [0.25, 0.3) is 0 Å². The van der Waals surface area contributed by atoms with Crippen molar-refractivity contribution < 1.29 is 0 Å². The number of rotatable bonds is 0. The van der Waals surface area contributed by atoms with Gasteiger partial charge in [-0.25, -0.2) is 28.1 Å². The summed E-state index contributed by atoms with van der Waals surface area (Å²) < 4.78 is 0. The minimum absolute atomic E-state index is 0.0417.